The van der Waals surface area contributed by atoms with Crippen LogP contribution < -0.4 is 16.7 Å². The fraction of sp³-hybridized carbons (Fsp3) is 0.571. The highest BCUT2D eigenvalue weighted by molar-refractivity contribution is 5.86. The predicted octanol–water partition coefficient (Wildman–Crippen LogP) is 5.60. The second-order valence-corrected chi connectivity index (χ2v) is 13.9. The lowest BCUT2D eigenvalue weighted by atomic mass is 9.79. The minimum Gasteiger partial charge on any atom is -0.398 e. The first-order chi connectivity index (χ1) is 23.7. The second-order valence-electron chi connectivity index (χ2n) is 13.9. The van der Waals surface area contributed by atoms with Crippen molar-refractivity contribution < 1.29 is 35.9 Å². The molecule has 4 N–H and O–H groups in total. The number of hydrogen-bond acceptors (Lipinski definition) is 5. The Balaban J connectivity index is 1.21. The molecular weight excluding hydrogens is 666 g/mol. The molecule has 0 aliphatic carbocycles. The van der Waals surface area contributed by atoms with Crippen LogP contribution in [0.15, 0.2) is 41.2 Å². The van der Waals surface area contributed by atoms with Gasteiger partial charge >= 0.3 is 18.0 Å². The van der Waals surface area contributed by atoms with Crippen LogP contribution in [0.5, 0.6) is 0 Å². The molecular formula is C35H42F6N6O3. The number of hydrogen-bond donors (Lipinski definition) is 3. The van der Waals surface area contributed by atoms with Gasteiger partial charge in [0.05, 0.1) is 33.8 Å². The maximum Gasteiger partial charge on any atom is 0.418 e. The Morgan fingerprint density at radius 1 is 0.820 bits per heavy atom. The average Bonchev–Trinajstić information content (AvgIpc) is 3.43. The molecule has 2 amide bonds. The van der Waals surface area contributed by atoms with E-state index in [1.54, 1.807) is 20.4 Å². The number of aromatic nitrogens is 2. The van der Waals surface area contributed by atoms with Gasteiger partial charge in [0.15, 0.2) is 0 Å². The number of nitrogens with zero attached hydrogens (tertiary/aromatic N) is 3. The zero-order valence-corrected chi connectivity index (χ0v) is 27.6. The number of nitrogen functional groups attached to an aromatic ring is 1. The van der Waals surface area contributed by atoms with Crippen LogP contribution in [0.3, 0.4) is 0 Å². The Bertz CT molecular complexity index is 1710. The summed E-state index contributed by atoms with van der Waals surface area (Å²) >= 11 is 0. The molecule has 9 nitrogen and oxygen atoms in total. The molecule has 3 aromatic rings. The summed E-state index contributed by atoms with van der Waals surface area (Å²) in [5, 5.41) is 3.35. The summed E-state index contributed by atoms with van der Waals surface area (Å²) in [4.78, 5) is 46.5. The largest absolute Gasteiger partial charge is 0.418 e. The molecule has 3 saturated heterocycles. The number of piperidine rings is 3. The van der Waals surface area contributed by atoms with E-state index in [1.807, 2.05) is 18.2 Å². The smallest absolute Gasteiger partial charge is 0.398 e. The molecule has 0 saturated carbocycles. The van der Waals surface area contributed by atoms with Crippen molar-refractivity contribution in [1.29, 1.82) is 0 Å². The predicted molar refractivity (Wildman–Crippen MR) is 175 cm³/mol. The fourth-order valence-corrected chi connectivity index (χ4v) is 8.15. The number of rotatable bonds is 7. The van der Waals surface area contributed by atoms with Gasteiger partial charge in [-0.3, -0.25) is 14.2 Å². The molecule has 1 aromatic heterocycles. The quantitative estimate of drug-likeness (QED) is 0.219. The van der Waals surface area contributed by atoms with Gasteiger partial charge in [-0.05, 0) is 99.7 Å². The molecule has 2 aromatic carbocycles. The number of likely N-dealkylation sites (tertiary alicyclic amines) is 2. The summed E-state index contributed by atoms with van der Waals surface area (Å²) in [5.41, 5.74) is 1.50. The summed E-state index contributed by atoms with van der Waals surface area (Å²) in [7, 11) is 0. The number of amides is 2. The first kappa shape index (κ1) is 35.8. The van der Waals surface area contributed by atoms with E-state index in [9.17, 15) is 40.7 Å². The molecule has 3 aliphatic heterocycles. The van der Waals surface area contributed by atoms with Gasteiger partial charge in [-0.15, -0.1) is 0 Å². The highest BCUT2D eigenvalue weighted by Gasteiger charge is 2.42. The lowest BCUT2D eigenvalue weighted by Crippen LogP contribution is -2.46. The summed E-state index contributed by atoms with van der Waals surface area (Å²) in [6, 6.07) is 8.21. The highest BCUT2D eigenvalue weighted by Crippen LogP contribution is 2.43. The highest BCUT2D eigenvalue weighted by atomic mass is 19.4. The van der Waals surface area contributed by atoms with Gasteiger partial charge in [0.1, 0.15) is 0 Å². The SMILES string of the molecule is Nc1c(C(F)(F)F)cc(C[C@@H](CC(=O)N2CCC(n3c(=O)[nH]c4ccccc43)CC2)C(=O)N2CCC(C3CCNCC3)CC2)cc1C(F)(F)F. The zero-order chi connectivity index (χ0) is 35.8. The Kier molecular flexibility index (Phi) is 10.2. The Labute approximate surface area is 285 Å². The molecule has 6 rings (SSSR count). The molecule has 50 heavy (non-hydrogen) atoms. The van der Waals surface area contributed by atoms with Crippen molar-refractivity contribution in [3.05, 3.63) is 63.6 Å². The number of benzene rings is 2. The van der Waals surface area contributed by atoms with Gasteiger partial charge in [-0.25, -0.2) is 4.79 Å². The summed E-state index contributed by atoms with van der Waals surface area (Å²) in [6.07, 6.45) is -6.71. The van der Waals surface area contributed by atoms with Gasteiger partial charge in [-0.2, -0.15) is 26.3 Å². The number of H-pyrrole nitrogens is 1. The third-order valence-electron chi connectivity index (χ3n) is 10.8. The van der Waals surface area contributed by atoms with Crippen molar-refractivity contribution in [2.24, 2.45) is 17.8 Å². The lowest BCUT2D eigenvalue weighted by molar-refractivity contribution is -0.143. The number of halogens is 6. The van der Waals surface area contributed by atoms with E-state index in [0.29, 0.717) is 55.4 Å². The van der Waals surface area contributed by atoms with Crippen LogP contribution in [-0.4, -0.2) is 70.4 Å². The van der Waals surface area contributed by atoms with Crippen LogP contribution in [0.1, 0.15) is 67.7 Å². The zero-order valence-electron chi connectivity index (χ0n) is 27.6. The third kappa shape index (κ3) is 7.66. The van der Waals surface area contributed by atoms with Gasteiger partial charge in [0.2, 0.25) is 11.8 Å². The number of nitrogens with one attached hydrogen (secondary N) is 2. The third-order valence-corrected chi connectivity index (χ3v) is 10.8. The standard InChI is InChI=1S/C35H42F6N6O3/c36-34(37,38)26-18-21(19-27(31(26)42)35(39,40)41)17-24(32(49)46-13-7-23(8-14-46)22-5-11-43-12-6-22)20-30(48)45-15-9-25(10-16-45)47-29-4-2-1-3-28(29)44-33(47)50/h1-4,18-19,22-25,43H,5-17,20,42H2,(H,44,50)/t24-/m0/s1. The molecule has 3 aliphatic rings. The molecule has 0 spiro atoms. The number of aromatic amines is 1. The molecule has 0 radical (unpaired) electrons. The first-order valence-electron chi connectivity index (χ1n) is 17.2. The molecule has 3 fully saturated rings. The summed E-state index contributed by atoms with van der Waals surface area (Å²) < 4.78 is 84.8. The van der Waals surface area contributed by atoms with Gasteiger partial charge in [0, 0.05) is 38.6 Å². The molecule has 1 atom stereocenters. The molecule has 15 heteroatoms. The van der Waals surface area contributed by atoms with Crippen molar-refractivity contribution in [3.8, 4) is 0 Å². The summed E-state index contributed by atoms with van der Waals surface area (Å²) in [6.45, 7) is 3.24. The number of para-hydroxylation sites is 2. The van der Waals surface area contributed by atoms with E-state index in [1.165, 1.54) is 0 Å². The minimum atomic E-state index is -5.16. The van der Waals surface area contributed by atoms with Crippen molar-refractivity contribution in [2.45, 2.75) is 69.8 Å². The monoisotopic (exact) mass is 708 g/mol. The average molecular weight is 709 g/mol. The Hall–Kier alpha value is -4.01. The van der Waals surface area contributed by atoms with E-state index >= 15 is 0 Å². The van der Waals surface area contributed by atoms with Gasteiger partial charge < -0.3 is 25.8 Å². The van der Waals surface area contributed by atoms with Crippen LogP contribution in [0.4, 0.5) is 32.0 Å². The number of carbonyl (C=O) groups is 2. The second kappa shape index (κ2) is 14.3. The van der Waals surface area contributed by atoms with Crippen LogP contribution in [0.2, 0.25) is 0 Å². The van der Waals surface area contributed by atoms with Gasteiger partial charge in [-0.1, -0.05) is 12.1 Å². The number of nitrogens with two attached hydrogens (primary N) is 1. The fourth-order valence-electron chi connectivity index (χ4n) is 8.15. The van der Waals surface area contributed by atoms with E-state index in [2.05, 4.69) is 10.3 Å². The minimum absolute atomic E-state index is 0.183. The first-order valence-corrected chi connectivity index (χ1v) is 17.2. The normalized spacial score (nSPS) is 19.6. The molecule has 272 valence electrons. The van der Waals surface area contributed by atoms with Crippen molar-refractivity contribution in [1.82, 2.24) is 24.7 Å². The van der Waals surface area contributed by atoms with E-state index in [0.717, 1.165) is 44.3 Å². The van der Waals surface area contributed by atoms with E-state index in [4.69, 9.17) is 5.73 Å². The van der Waals surface area contributed by atoms with Gasteiger partial charge in [0.25, 0.3) is 0 Å². The molecule has 4 heterocycles. The van der Waals surface area contributed by atoms with E-state index in [-0.39, 0.29) is 36.8 Å². The van der Waals surface area contributed by atoms with Crippen molar-refractivity contribution in [3.63, 3.8) is 0 Å². The summed E-state index contributed by atoms with van der Waals surface area (Å²) in [5.74, 6) is -1.10. The number of imidazole rings is 1. The Morgan fingerprint density at radius 3 is 1.98 bits per heavy atom. The van der Waals surface area contributed by atoms with Crippen LogP contribution in [0, 0.1) is 17.8 Å². The van der Waals surface area contributed by atoms with Crippen LogP contribution in [-0.2, 0) is 28.4 Å². The molecule has 0 unspecified atom stereocenters. The van der Waals surface area contributed by atoms with Crippen molar-refractivity contribution in [2.75, 3.05) is 45.0 Å². The van der Waals surface area contributed by atoms with E-state index < -0.39 is 53.3 Å². The van der Waals surface area contributed by atoms with Crippen molar-refractivity contribution >= 4 is 28.5 Å². The number of anilines is 1. The lowest BCUT2D eigenvalue weighted by Gasteiger charge is -2.39. The number of alkyl halides is 6. The molecule has 0 bridgehead atoms. The maximum absolute atomic E-state index is 14.0. The maximum atomic E-state index is 14.0. The number of fused-ring (bicyclic) bond motifs is 1. The topological polar surface area (TPSA) is 116 Å². The van der Waals surface area contributed by atoms with Crippen LogP contribution >= 0.6 is 0 Å². The number of carbonyl (C=O) groups excluding carboxylic acids is 2. The van der Waals surface area contributed by atoms with Crippen LogP contribution in [0.25, 0.3) is 11.0 Å². The Morgan fingerprint density at radius 2 is 1.38 bits per heavy atom.